The van der Waals surface area contributed by atoms with Crippen LogP contribution in [0.25, 0.3) is 0 Å². The van der Waals surface area contributed by atoms with Crippen LogP contribution in [0.1, 0.15) is 32.4 Å². The first kappa shape index (κ1) is 18.2. The van der Waals surface area contributed by atoms with Crippen LogP contribution in [0.15, 0.2) is 18.2 Å². The predicted molar refractivity (Wildman–Crippen MR) is 78.9 cm³/mol. The summed E-state index contributed by atoms with van der Waals surface area (Å²) in [5.41, 5.74) is -1.30. The van der Waals surface area contributed by atoms with Crippen LogP contribution in [-0.4, -0.2) is 34.8 Å². The van der Waals surface area contributed by atoms with E-state index in [4.69, 9.17) is 4.74 Å². The summed E-state index contributed by atoms with van der Waals surface area (Å²) in [6.45, 7) is 4.93. The molecule has 0 saturated heterocycles. The highest BCUT2D eigenvalue weighted by atomic mass is 16.6. The number of hydrogen-bond donors (Lipinski definition) is 2. The van der Waals surface area contributed by atoms with Gasteiger partial charge in [0.2, 0.25) is 0 Å². The van der Waals surface area contributed by atoms with E-state index < -0.39 is 40.1 Å². The van der Waals surface area contributed by atoms with Crippen LogP contribution in [0.3, 0.4) is 0 Å². The molecule has 1 aromatic carbocycles. The molecule has 126 valence electrons. The molecule has 1 atom stereocenters. The number of nitro benzene ring substituents is 1. The molecule has 0 radical (unpaired) electrons. The van der Waals surface area contributed by atoms with E-state index >= 15 is 0 Å². The van der Waals surface area contributed by atoms with Crippen molar-refractivity contribution in [3.63, 3.8) is 0 Å². The molecule has 0 saturated carbocycles. The van der Waals surface area contributed by atoms with Gasteiger partial charge in [0.15, 0.2) is 11.8 Å². The van der Waals surface area contributed by atoms with E-state index in [9.17, 15) is 24.8 Å². The largest absolute Gasteiger partial charge is 0.502 e. The van der Waals surface area contributed by atoms with Crippen molar-refractivity contribution < 1.29 is 29.1 Å². The molecule has 9 heteroatoms. The summed E-state index contributed by atoms with van der Waals surface area (Å²) in [6, 6.07) is 1.99. The monoisotopic (exact) mass is 326 g/mol. The number of phenolic OH excluding ortho intramolecular Hbond substituents is 1. The molecule has 0 unspecified atom stereocenters. The second-order valence-corrected chi connectivity index (χ2v) is 5.61. The van der Waals surface area contributed by atoms with Crippen molar-refractivity contribution in [3.05, 3.63) is 33.9 Å². The smallest absolute Gasteiger partial charge is 0.408 e. The summed E-state index contributed by atoms with van der Waals surface area (Å²) in [5, 5.41) is 22.6. The van der Waals surface area contributed by atoms with Gasteiger partial charge in [0.05, 0.1) is 12.0 Å². The first-order valence-corrected chi connectivity index (χ1v) is 6.60. The van der Waals surface area contributed by atoms with Crippen LogP contribution in [0.2, 0.25) is 0 Å². The molecule has 0 aromatic heterocycles. The Labute approximate surface area is 132 Å². The highest BCUT2D eigenvalue weighted by molar-refractivity contribution is 5.83. The van der Waals surface area contributed by atoms with Crippen LogP contribution < -0.4 is 5.32 Å². The number of methoxy groups -OCH3 is 1. The number of esters is 1. The van der Waals surface area contributed by atoms with Gasteiger partial charge in [-0.3, -0.25) is 10.1 Å². The average molecular weight is 326 g/mol. The molecule has 0 aliphatic rings. The van der Waals surface area contributed by atoms with Gasteiger partial charge < -0.3 is 19.9 Å². The van der Waals surface area contributed by atoms with Crippen LogP contribution in [0.4, 0.5) is 10.5 Å². The number of amides is 1. The molecular formula is C14H18N2O7. The van der Waals surface area contributed by atoms with Crippen molar-refractivity contribution in [1.29, 1.82) is 0 Å². The first-order chi connectivity index (χ1) is 10.5. The minimum absolute atomic E-state index is 0.0761. The molecule has 0 fully saturated rings. The average Bonchev–Trinajstić information content (AvgIpc) is 2.42. The van der Waals surface area contributed by atoms with Gasteiger partial charge >= 0.3 is 17.7 Å². The number of phenols is 1. The molecule has 0 heterocycles. The Morgan fingerprint density at radius 2 is 1.96 bits per heavy atom. The molecule has 0 aliphatic heterocycles. The summed E-state index contributed by atoms with van der Waals surface area (Å²) in [5.74, 6) is -1.39. The summed E-state index contributed by atoms with van der Waals surface area (Å²) in [4.78, 5) is 33.7. The lowest BCUT2D eigenvalue weighted by atomic mass is 10.1. The minimum atomic E-state index is -1.31. The minimum Gasteiger partial charge on any atom is -0.502 e. The summed E-state index contributed by atoms with van der Waals surface area (Å²) in [7, 11) is 1.11. The van der Waals surface area contributed by atoms with E-state index in [0.717, 1.165) is 19.2 Å². The van der Waals surface area contributed by atoms with Gasteiger partial charge in [-0.1, -0.05) is 6.07 Å². The quantitative estimate of drug-likeness (QED) is 0.492. The summed E-state index contributed by atoms with van der Waals surface area (Å²) < 4.78 is 9.63. The van der Waals surface area contributed by atoms with Gasteiger partial charge in [-0.25, -0.2) is 9.59 Å². The highest BCUT2D eigenvalue weighted by Gasteiger charge is 2.28. The van der Waals surface area contributed by atoms with Crippen LogP contribution >= 0.6 is 0 Å². The van der Waals surface area contributed by atoms with E-state index in [2.05, 4.69) is 10.1 Å². The number of benzene rings is 1. The molecule has 1 rings (SSSR count). The summed E-state index contributed by atoms with van der Waals surface area (Å²) >= 11 is 0. The zero-order valence-corrected chi connectivity index (χ0v) is 13.2. The van der Waals surface area contributed by atoms with Crippen molar-refractivity contribution in [2.75, 3.05) is 7.11 Å². The van der Waals surface area contributed by atoms with Crippen molar-refractivity contribution in [1.82, 2.24) is 5.32 Å². The lowest BCUT2D eigenvalue weighted by Crippen LogP contribution is -2.38. The summed E-state index contributed by atoms with van der Waals surface area (Å²) in [6.07, 6.45) is -0.886. The Bertz CT molecular complexity index is 622. The van der Waals surface area contributed by atoms with E-state index in [1.165, 1.54) is 6.07 Å². The third kappa shape index (κ3) is 5.13. The number of nitrogens with one attached hydrogen (secondary N) is 1. The number of nitro groups is 1. The zero-order valence-electron chi connectivity index (χ0n) is 13.2. The topological polar surface area (TPSA) is 128 Å². The second-order valence-electron chi connectivity index (χ2n) is 5.61. The molecular weight excluding hydrogens is 308 g/mol. The van der Waals surface area contributed by atoms with E-state index in [-0.39, 0.29) is 5.56 Å². The predicted octanol–water partition coefficient (Wildman–Crippen LogP) is 2.04. The molecule has 0 spiro atoms. The standard InChI is InChI=1S/C14H18N2O7/c1-14(2,3)23-13(19)15-11(12(18)22-4)8-5-6-10(17)9(7-8)16(20)21/h5-7,11,17H,1-4H3,(H,15,19)/t11-/m1/s1. The molecule has 23 heavy (non-hydrogen) atoms. The number of aromatic hydroxyl groups is 1. The highest BCUT2D eigenvalue weighted by Crippen LogP contribution is 2.29. The molecule has 0 aliphatic carbocycles. The lowest BCUT2D eigenvalue weighted by molar-refractivity contribution is -0.385. The Kier molecular flexibility index (Phi) is 5.50. The van der Waals surface area contributed by atoms with Crippen LogP contribution in [0, 0.1) is 10.1 Å². The fraction of sp³-hybridized carbons (Fsp3) is 0.429. The maximum Gasteiger partial charge on any atom is 0.408 e. The number of ether oxygens (including phenoxy) is 2. The Morgan fingerprint density at radius 1 is 1.35 bits per heavy atom. The molecule has 9 nitrogen and oxygen atoms in total. The van der Waals surface area contributed by atoms with E-state index in [1.54, 1.807) is 20.8 Å². The van der Waals surface area contributed by atoms with Crippen molar-refractivity contribution in [2.24, 2.45) is 0 Å². The number of alkyl carbamates (subject to hydrolysis) is 1. The van der Waals surface area contributed by atoms with Crippen molar-refractivity contribution in [2.45, 2.75) is 32.4 Å². The van der Waals surface area contributed by atoms with Crippen LogP contribution in [-0.2, 0) is 14.3 Å². The second kappa shape index (κ2) is 6.95. The number of nitrogens with zero attached hydrogens (tertiary/aromatic N) is 1. The molecule has 0 bridgehead atoms. The van der Waals surface area contributed by atoms with Crippen molar-refractivity contribution in [3.8, 4) is 5.75 Å². The molecule has 2 N–H and O–H groups in total. The number of carbonyl (C=O) groups is 2. The lowest BCUT2D eigenvalue weighted by Gasteiger charge is -2.22. The zero-order chi connectivity index (χ0) is 17.8. The van der Waals surface area contributed by atoms with Gasteiger partial charge in [-0.15, -0.1) is 0 Å². The third-order valence-corrected chi connectivity index (χ3v) is 2.63. The first-order valence-electron chi connectivity index (χ1n) is 6.60. The number of rotatable bonds is 4. The maximum absolute atomic E-state index is 11.9. The Balaban J connectivity index is 3.13. The SMILES string of the molecule is COC(=O)[C@H](NC(=O)OC(C)(C)C)c1ccc(O)c([N+](=O)[O-])c1. The normalized spacial score (nSPS) is 12.2. The van der Waals surface area contributed by atoms with Gasteiger partial charge in [0.25, 0.3) is 0 Å². The fourth-order valence-corrected chi connectivity index (χ4v) is 1.69. The van der Waals surface area contributed by atoms with Crippen LogP contribution in [0.5, 0.6) is 5.75 Å². The van der Waals surface area contributed by atoms with Gasteiger partial charge in [-0.05, 0) is 32.4 Å². The van der Waals surface area contributed by atoms with Gasteiger partial charge in [-0.2, -0.15) is 0 Å². The van der Waals surface area contributed by atoms with Crippen molar-refractivity contribution >= 4 is 17.7 Å². The maximum atomic E-state index is 11.9. The van der Waals surface area contributed by atoms with E-state index in [1.807, 2.05) is 0 Å². The third-order valence-electron chi connectivity index (χ3n) is 2.63. The number of carbonyl (C=O) groups excluding carboxylic acids is 2. The Morgan fingerprint density at radius 3 is 2.43 bits per heavy atom. The van der Waals surface area contributed by atoms with E-state index in [0.29, 0.717) is 0 Å². The Hall–Kier alpha value is -2.84. The molecule has 1 amide bonds. The number of hydrogen-bond acceptors (Lipinski definition) is 7. The van der Waals surface area contributed by atoms with Gasteiger partial charge in [0.1, 0.15) is 5.60 Å². The fourth-order valence-electron chi connectivity index (χ4n) is 1.69. The molecule has 1 aromatic rings. The van der Waals surface area contributed by atoms with Gasteiger partial charge in [0, 0.05) is 6.07 Å².